The highest BCUT2D eigenvalue weighted by atomic mass is 32.2. The van der Waals surface area contributed by atoms with Gasteiger partial charge in [-0.1, -0.05) is 44.2 Å². The first-order chi connectivity index (χ1) is 12.0. The highest BCUT2D eigenvalue weighted by Gasteiger charge is 2.16. The number of hydrogen-bond acceptors (Lipinski definition) is 3. The highest BCUT2D eigenvalue weighted by Crippen LogP contribution is 2.27. The van der Waals surface area contributed by atoms with Gasteiger partial charge in [-0.3, -0.25) is 9.59 Å². The normalized spacial score (nSPS) is 10.4. The SMILES string of the molecule is C=CCNC(=O)c1ccccc1NC(=O)c1ccccc1SC(C)C. The van der Waals surface area contributed by atoms with E-state index in [1.165, 1.54) is 0 Å². The molecular weight excluding hydrogens is 332 g/mol. The Labute approximate surface area is 152 Å². The molecule has 0 saturated carbocycles. The van der Waals surface area contributed by atoms with Crippen LogP contribution in [0.15, 0.2) is 66.1 Å². The van der Waals surface area contributed by atoms with E-state index in [1.807, 2.05) is 18.2 Å². The van der Waals surface area contributed by atoms with Gasteiger partial charge in [0.25, 0.3) is 11.8 Å². The van der Waals surface area contributed by atoms with Gasteiger partial charge in [0.1, 0.15) is 0 Å². The van der Waals surface area contributed by atoms with Crippen molar-refractivity contribution in [2.45, 2.75) is 24.0 Å². The molecular formula is C20H22N2O2S. The summed E-state index contributed by atoms with van der Waals surface area (Å²) < 4.78 is 0. The lowest BCUT2D eigenvalue weighted by molar-refractivity contribution is 0.0959. The standard InChI is InChI=1S/C20H22N2O2S/c1-4-13-21-19(23)15-9-5-7-11-17(15)22-20(24)16-10-6-8-12-18(16)25-14(2)3/h4-12,14H,1,13H2,2-3H3,(H,21,23)(H,22,24). The number of benzene rings is 2. The van der Waals surface area contributed by atoms with Crippen LogP contribution in [0.5, 0.6) is 0 Å². The third kappa shape index (κ3) is 5.22. The first-order valence-corrected chi connectivity index (χ1v) is 8.96. The predicted octanol–water partition coefficient (Wildman–Crippen LogP) is 4.36. The first kappa shape index (κ1) is 18.8. The van der Waals surface area contributed by atoms with E-state index in [2.05, 4.69) is 31.1 Å². The van der Waals surface area contributed by atoms with Crippen LogP contribution in [-0.4, -0.2) is 23.6 Å². The number of rotatable bonds is 7. The first-order valence-electron chi connectivity index (χ1n) is 8.08. The zero-order chi connectivity index (χ0) is 18.2. The molecule has 0 unspecified atom stereocenters. The fraction of sp³-hybridized carbons (Fsp3) is 0.200. The maximum absolute atomic E-state index is 12.7. The Bertz CT molecular complexity index is 772. The van der Waals surface area contributed by atoms with Crippen LogP contribution in [0, 0.1) is 0 Å². The minimum absolute atomic E-state index is 0.229. The smallest absolute Gasteiger partial charge is 0.256 e. The molecule has 4 nitrogen and oxygen atoms in total. The fourth-order valence-corrected chi connectivity index (χ4v) is 3.20. The van der Waals surface area contributed by atoms with Gasteiger partial charge in [0.2, 0.25) is 0 Å². The molecule has 0 spiro atoms. The van der Waals surface area contributed by atoms with Gasteiger partial charge in [-0.2, -0.15) is 0 Å². The largest absolute Gasteiger partial charge is 0.349 e. The lowest BCUT2D eigenvalue weighted by atomic mass is 10.1. The van der Waals surface area contributed by atoms with Crippen LogP contribution in [0.25, 0.3) is 0 Å². The van der Waals surface area contributed by atoms with Crippen molar-refractivity contribution in [3.63, 3.8) is 0 Å². The van der Waals surface area contributed by atoms with Gasteiger partial charge in [0.05, 0.1) is 16.8 Å². The van der Waals surface area contributed by atoms with Crippen molar-refractivity contribution in [3.8, 4) is 0 Å². The molecule has 0 radical (unpaired) electrons. The van der Waals surface area contributed by atoms with Crippen molar-refractivity contribution in [3.05, 3.63) is 72.3 Å². The number of amides is 2. The minimum Gasteiger partial charge on any atom is -0.349 e. The second kappa shape index (κ2) is 9.08. The van der Waals surface area contributed by atoms with Crippen LogP contribution in [-0.2, 0) is 0 Å². The molecule has 0 aliphatic heterocycles. The van der Waals surface area contributed by atoms with E-state index in [9.17, 15) is 9.59 Å². The Morgan fingerprint density at radius 2 is 1.68 bits per heavy atom. The third-order valence-electron chi connectivity index (χ3n) is 3.32. The zero-order valence-electron chi connectivity index (χ0n) is 14.4. The van der Waals surface area contributed by atoms with Crippen molar-refractivity contribution in [1.29, 1.82) is 0 Å². The molecule has 130 valence electrons. The van der Waals surface area contributed by atoms with Gasteiger partial charge in [-0.05, 0) is 24.3 Å². The molecule has 0 heterocycles. The summed E-state index contributed by atoms with van der Waals surface area (Å²) in [6.45, 7) is 8.12. The summed E-state index contributed by atoms with van der Waals surface area (Å²) in [6, 6.07) is 14.4. The number of para-hydroxylation sites is 1. The van der Waals surface area contributed by atoms with E-state index in [0.29, 0.717) is 28.6 Å². The van der Waals surface area contributed by atoms with Crippen molar-refractivity contribution in [2.24, 2.45) is 0 Å². The van der Waals surface area contributed by atoms with Crippen molar-refractivity contribution < 1.29 is 9.59 Å². The van der Waals surface area contributed by atoms with Crippen LogP contribution < -0.4 is 10.6 Å². The van der Waals surface area contributed by atoms with Gasteiger partial charge >= 0.3 is 0 Å². The van der Waals surface area contributed by atoms with Gasteiger partial charge < -0.3 is 10.6 Å². The summed E-state index contributed by atoms with van der Waals surface area (Å²) >= 11 is 1.63. The third-order valence-corrected chi connectivity index (χ3v) is 4.40. The van der Waals surface area contributed by atoms with Crippen LogP contribution in [0.2, 0.25) is 0 Å². The van der Waals surface area contributed by atoms with Crippen LogP contribution in [0.3, 0.4) is 0 Å². The van der Waals surface area contributed by atoms with Crippen molar-refractivity contribution >= 4 is 29.3 Å². The molecule has 25 heavy (non-hydrogen) atoms. The average molecular weight is 354 g/mol. The summed E-state index contributed by atoms with van der Waals surface area (Å²) in [4.78, 5) is 25.9. The molecule has 2 N–H and O–H groups in total. The Morgan fingerprint density at radius 3 is 2.36 bits per heavy atom. The molecule has 0 bridgehead atoms. The van der Waals surface area contributed by atoms with Crippen LogP contribution in [0.4, 0.5) is 5.69 Å². The lowest BCUT2D eigenvalue weighted by Gasteiger charge is -2.13. The lowest BCUT2D eigenvalue weighted by Crippen LogP contribution is -2.25. The summed E-state index contributed by atoms with van der Waals surface area (Å²) in [5.41, 5.74) is 1.51. The van der Waals surface area contributed by atoms with E-state index in [0.717, 1.165) is 4.90 Å². The number of hydrogen-bond donors (Lipinski definition) is 2. The topological polar surface area (TPSA) is 58.2 Å². The Kier molecular flexibility index (Phi) is 6.83. The highest BCUT2D eigenvalue weighted by molar-refractivity contribution is 8.00. The number of anilines is 1. The van der Waals surface area contributed by atoms with E-state index in [-0.39, 0.29) is 11.8 Å². The molecule has 2 amide bonds. The van der Waals surface area contributed by atoms with Gasteiger partial charge in [-0.25, -0.2) is 0 Å². The Morgan fingerprint density at radius 1 is 1.04 bits per heavy atom. The molecule has 0 aliphatic rings. The second-order valence-electron chi connectivity index (χ2n) is 5.66. The van der Waals surface area contributed by atoms with Crippen LogP contribution >= 0.6 is 11.8 Å². The molecule has 2 rings (SSSR count). The van der Waals surface area contributed by atoms with E-state index >= 15 is 0 Å². The molecule has 0 aliphatic carbocycles. The number of nitrogens with one attached hydrogen (secondary N) is 2. The summed E-state index contributed by atoms with van der Waals surface area (Å²) in [5.74, 6) is -0.478. The molecule has 5 heteroatoms. The van der Waals surface area contributed by atoms with E-state index in [4.69, 9.17) is 0 Å². The predicted molar refractivity (Wildman–Crippen MR) is 104 cm³/mol. The van der Waals surface area contributed by atoms with Crippen LogP contribution in [0.1, 0.15) is 34.6 Å². The average Bonchev–Trinajstić information content (AvgIpc) is 2.60. The summed E-state index contributed by atoms with van der Waals surface area (Å²) in [6.07, 6.45) is 1.61. The molecule has 2 aromatic carbocycles. The molecule has 0 aromatic heterocycles. The maximum atomic E-state index is 12.7. The quantitative estimate of drug-likeness (QED) is 0.574. The number of carbonyl (C=O) groups is 2. The van der Waals surface area contributed by atoms with Gasteiger partial charge in [0, 0.05) is 16.7 Å². The van der Waals surface area contributed by atoms with Crippen molar-refractivity contribution in [1.82, 2.24) is 5.32 Å². The summed E-state index contributed by atoms with van der Waals surface area (Å²) in [7, 11) is 0. The van der Waals surface area contributed by atoms with Gasteiger partial charge in [0.15, 0.2) is 0 Å². The monoisotopic (exact) mass is 354 g/mol. The van der Waals surface area contributed by atoms with Gasteiger partial charge in [-0.15, -0.1) is 18.3 Å². The van der Waals surface area contributed by atoms with Crippen molar-refractivity contribution in [2.75, 3.05) is 11.9 Å². The molecule has 2 aromatic rings. The number of carbonyl (C=O) groups excluding carboxylic acids is 2. The molecule has 0 saturated heterocycles. The Balaban J connectivity index is 2.24. The van der Waals surface area contributed by atoms with E-state index in [1.54, 1.807) is 48.2 Å². The molecule has 0 fully saturated rings. The minimum atomic E-state index is -0.249. The second-order valence-corrected chi connectivity index (χ2v) is 7.28. The van der Waals surface area contributed by atoms with E-state index < -0.39 is 0 Å². The maximum Gasteiger partial charge on any atom is 0.256 e. The summed E-state index contributed by atoms with van der Waals surface area (Å²) in [5, 5.41) is 5.95. The molecule has 0 atom stereocenters. The fourth-order valence-electron chi connectivity index (χ4n) is 2.25. The Hall–Kier alpha value is -2.53. The number of thioether (sulfide) groups is 1. The zero-order valence-corrected chi connectivity index (χ0v) is 15.2.